The van der Waals surface area contributed by atoms with Gasteiger partial charge >= 0.3 is 0 Å². The van der Waals surface area contributed by atoms with E-state index in [1.807, 2.05) is 20.8 Å². The van der Waals surface area contributed by atoms with Crippen molar-refractivity contribution in [3.05, 3.63) is 36.4 Å². The van der Waals surface area contributed by atoms with E-state index in [1.54, 1.807) is 0 Å². The van der Waals surface area contributed by atoms with E-state index in [-0.39, 0.29) is 17.0 Å². The summed E-state index contributed by atoms with van der Waals surface area (Å²) in [5, 5.41) is -0.136. The molecule has 2 heterocycles. The Balaban J connectivity index is 2.08. The first-order valence-electron chi connectivity index (χ1n) is 5.99. The fourth-order valence-electron chi connectivity index (χ4n) is 1.39. The molecule has 0 aliphatic rings. The van der Waals surface area contributed by atoms with Crippen LogP contribution in [-0.2, 0) is 22.0 Å². The van der Waals surface area contributed by atoms with Crippen molar-refractivity contribution < 1.29 is 12.8 Å². The van der Waals surface area contributed by atoms with Crippen molar-refractivity contribution in [2.75, 3.05) is 0 Å². The molecule has 0 aliphatic heterocycles. The predicted molar refractivity (Wildman–Crippen MR) is 71.3 cm³/mol. The lowest BCUT2D eigenvalue weighted by molar-refractivity contribution is 0.482. The highest BCUT2D eigenvalue weighted by Crippen LogP contribution is 2.21. The molecule has 0 unspecified atom stereocenters. The molecule has 0 aliphatic carbocycles. The third kappa shape index (κ3) is 3.40. The summed E-state index contributed by atoms with van der Waals surface area (Å²) >= 11 is 0. The summed E-state index contributed by atoms with van der Waals surface area (Å²) in [6.45, 7) is 5.96. The van der Waals surface area contributed by atoms with Crippen LogP contribution in [0.25, 0.3) is 0 Å². The first-order valence-corrected chi connectivity index (χ1v) is 7.48. The normalized spacial score (nSPS) is 12.6. The highest BCUT2D eigenvalue weighted by molar-refractivity contribution is 7.89. The Kier molecular flexibility index (Phi) is 3.87. The molecule has 0 atom stereocenters. The van der Waals surface area contributed by atoms with Crippen LogP contribution in [0, 0.1) is 0 Å². The zero-order chi connectivity index (χ0) is 14.8. The Morgan fingerprint density at radius 2 is 2.05 bits per heavy atom. The molecule has 8 heteroatoms. The Morgan fingerprint density at radius 1 is 1.30 bits per heavy atom. The van der Waals surface area contributed by atoms with Gasteiger partial charge in [0.2, 0.25) is 5.89 Å². The summed E-state index contributed by atoms with van der Waals surface area (Å²) in [6.07, 6.45) is 5.44. The molecule has 2 aromatic heterocycles. The summed E-state index contributed by atoms with van der Waals surface area (Å²) in [5.41, 5.74) is 0.622. The summed E-state index contributed by atoms with van der Waals surface area (Å²) in [4.78, 5) is 11.7. The second-order valence-corrected chi connectivity index (χ2v) is 6.96. The number of aromatic nitrogens is 3. The molecule has 2 rings (SSSR count). The topological polar surface area (TPSA) is 98.0 Å². The molecular weight excluding hydrogens is 280 g/mol. The Morgan fingerprint density at radius 3 is 2.60 bits per heavy atom. The van der Waals surface area contributed by atoms with Gasteiger partial charge in [-0.2, -0.15) is 0 Å². The van der Waals surface area contributed by atoms with Crippen LogP contribution in [0.4, 0.5) is 0 Å². The number of hydrogen-bond donors (Lipinski definition) is 1. The number of nitrogens with zero attached hydrogens (tertiary/aromatic N) is 3. The molecule has 7 nitrogen and oxygen atoms in total. The fourth-order valence-corrected chi connectivity index (χ4v) is 2.25. The van der Waals surface area contributed by atoms with Crippen molar-refractivity contribution >= 4 is 10.0 Å². The lowest BCUT2D eigenvalue weighted by atomic mass is 9.93. The van der Waals surface area contributed by atoms with Gasteiger partial charge in [0.1, 0.15) is 6.26 Å². The average Bonchev–Trinajstić information content (AvgIpc) is 2.86. The third-order valence-corrected chi connectivity index (χ3v) is 3.83. The fraction of sp³-hybridized carbons (Fsp3) is 0.417. The zero-order valence-electron chi connectivity index (χ0n) is 11.5. The molecule has 0 radical (unpaired) electrons. The average molecular weight is 296 g/mol. The van der Waals surface area contributed by atoms with Crippen molar-refractivity contribution in [3.8, 4) is 0 Å². The van der Waals surface area contributed by atoms with Crippen LogP contribution in [0.5, 0.6) is 0 Å². The summed E-state index contributed by atoms with van der Waals surface area (Å²) < 4.78 is 31.5. The standard InChI is InChI=1S/C12H16N4O3S/c1-12(2,3)9-8-19-10(16-9)6-15-20(17,18)11-7-13-4-5-14-11/h4-5,7-8,15H,6H2,1-3H3. The van der Waals surface area contributed by atoms with Gasteiger partial charge in [0.25, 0.3) is 10.0 Å². The highest BCUT2D eigenvalue weighted by atomic mass is 32.2. The van der Waals surface area contributed by atoms with Gasteiger partial charge in [0, 0.05) is 17.8 Å². The Labute approximate surface area is 117 Å². The van der Waals surface area contributed by atoms with Gasteiger partial charge in [-0.25, -0.2) is 23.1 Å². The summed E-state index contributed by atoms with van der Waals surface area (Å²) in [5.74, 6) is 0.308. The van der Waals surface area contributed by atoms with E-state index in [0.717, 1.165) is 5.69 Å². The molecule has 0 saturated heterocycles. The number of sulfonamides is 1. The minimum atomic E-state index is -3.71. The summed E-state index contributed by atoms with van der Waals surface area (Å²) in [6, 6.07) is 0. The molecular formula is C12H16N4O3S. The minimum absolute atomic E-state index is 0.0328. The molecule has 0 fully saturated rings. The second kappa shape index (κ2) is 5.29. The molecule has 20 heavy (non-hydrogen) atoms. The first kappa shape index (κ1) is 14.6. The first-order chi connectivity index (χ1) is 9.29. The lowest BCUT2D eigenvalue weighted by Gasteiger charge is -2.12. The van der Waals surface area contributed by atoms with Crippen LogP contribution in [0.3, 0.4) is 0 Å². The monoisotopic (exact) mass is 296 g/mol. The van der Waals surface area contributed by atoms with Gasteiger partial charge in [-0.1, -0.05) is 20.8 Å². The number of rotatable bonds is 4. The SMILES string of the molecule is CC(C)(C)c1coc(CNS(=O)(=O)c2cnccn2)n1. The Bertz CT molecular complexity index is 674. The molecule has 0 amide bonds. The van der Waals surface area contributed by atoms with Crippen molar-refractivity contribution in [1.82, 2.24) is 19.7 Å². The molecule has 2 aromatic rings. The van der Waals surface area contributed by atoms with Gasteiger partial charge < -0.3 is 4.42 Å². The Hall–Kier alpha value is -1.80. The van der Waals surface area contributed by atoms with E-state index in [4.69, 9.17) is 4.42 Å². The smallest absolute Gasteiger partial charge is 0.260 e. The largest absolute Gasteiger partial charge is 0.447 e. The zero-order valence-corrected chi connectivity index (χ0v) is 12.3. The van der Waals surface area contributed by atoms with Crippen LogP contribution >= 0.6 is 0 Å². The highest BCUT2D eigenvalue weighted by Gasteiger charge is 2.20. The molecule has 1 N–H and O–H groups in total. The van der Waals surface area contributed by atoms with Crippen molar-refractivity contribution in [2.45, 2.75) is 37.8 Å². The van der Waals surface area contributed by atoms with Gasteiger partial charge in [-0.3, -0.25) is 4.98 Å². The van der Waals surface area contributed by atoms with Gasteiger partial charge in [-0.05, 0) is 0 Å². The molecule has 0 saturated carbocycles. The maximum Gasteiger partial charge on any atom is 0.260 e. The maximum atomic E-state index is 11.9. The molecule has 0 aromatic carbocycles. The minimum Gasteiger partial charge on any atom is -0.447 e. The second-order valence-electron chi connectivity index (χ2n) is 5.24. The number of oxazole rings is 1. The maximum absolute atomic E-state index is 11.9. The number of hydrogen-bond acceptors (Lipinski definition) is 6. The quantitative estimate of drug-likeness (QED) is 0.911. The van der Waals surface area contributed by atoms with Gasteiger partial charge in [-0.15, -0.1) is 0 Å². The molecule has 0 spiro atoms. The molecule has 108 valence electrons. The summed E-state index contributed by atoms with van der Waals surface area (Å²) in [7, 11) is -3.71. The third-order valence-electron chi connectivity index (χ3n) is 2.55. The van der Waals surface area contributed by atoms with Crippen LogP contribution in [0.2, 0.25) is 0 Å². The van der Waals surface area contributed by atoms with E-state index in [9.17, 15) is 8.42 Å². The van der Waals surface area contributed by atoms with E-state index < -0.39 is 10.0 Å². The number of nitrogens with one attached hydrogen (secondary N) is 1. The lowest BCUT2D eigenvalue weighted by Crippen LogP contribution is -2.24. The van der Waals surface area contributed by atoms with Crippen molar-refractivity contribution in [3.63, 3.8) is 0 Å². The van der Waals surface area contributed by atoms with Crippen LogP contribution in [-0.4, -0.2) is 23.4 Å². The van der Waals surface area contributed by atoms with Crippen LogP contribution < -0.4 is 4.72 Å². The van der Waals surface area contributed by atoms with Crippen LogP contribution in [0.15, 0.2) is 34.3 Å². The van der Waals surface area contributed by atoms with E-state index in [2.05, 4.69) is 19.7 Å². The van der Waals surface area contributed by atoms with Crippen molar-refractivity contribution in [1.29, 1.82) is 0 Å². The van der Waals surface area contributed by atoms with Gasteiger partial charge in [0.15, 0.2) is 5.03 Å². The van der Waals surface area contributed by atoms with Crippen molar-refractivity contribution in [2.24, 2.45) is 0 Å². The van der Waals surface area contributed by atoms with Gasteiger partial charge in [0.05, 0.1) is 18.4 Å². The van der Waals surface area contributed by atoms with E-state index >= 15 is 0 Å². The predicted octanol–water partition coefficient (Wildman–Crippen LogP) is 1.24. The van der Waals surface area contributed by atoms with E-state index in [1.165, 1.54) is 24.9 Å². The molecule has 0 bridgehead atoms. The van der Waals surface area contributed by atoms with Crippen LogP contribution in [0.1, 0.15) is 32.4 Å². The van der Waals surface area contributed by atoms with E-state index in [0.29, 0.717) is 5.89 Å².